The lowest BCUT2D eigenvalue weighted by Gasteiger charge is -2.50. The summed E-state index contributed by atoms with van der Waals surface area (Å²) in [6, 6.07) is 13.3. The molecule has 0 aromatic heterocycles. The highest BCUT2D eigenvalue weighted by molar-refractivity contribution is 7.80. The predicted octanol–water partition coefficient (Wildman–Crippen LogP) is 5.67. The van der Waals surface area contributed by atoms with Gasteiger partial charge in [0.25, 0.3) is 11.8 Å². The van der Waals surface area contributed by atoms with Crippen LogP contribution in [-0.2, 0) is 9.59 Å². The summed E-state index contributed by atoms with van der Waals surface area (Å²) in [6.45, 7) is 11.2. The normalized spacial score (nSPS) is 21.5. The Morgan fingerprint density at radius 3 is 2.58 bits per heavy atom. The molecule has 2 amide bonds. The molecule has 1 atom stereocenters. The molecule has 2 aromatic rings. The molecule has 1 fully saturated rings. The molecule has 0 unspecified atom stereocenters. The molecule has 4 rings (SSSR count). The van der Waals surface area contributed by atoms with Gasteiger partial charge < -0.3 is 4.90 Å². The summed E-state index contributed by atoms with van der Waals surface area (Å²) < 4.78 is 0. The maximum atomic E-state index is 13.3. The molecule has 33 heavy (non-hydrogen) atoms. The van der Waals surface area contributed by atoms with Gasteiger partial charge in [-0.3, -0.25) is 19.8 Å². The largest absolute Gasteiger partial charge is 0.364 e. The second-order valence-electron chi connectivity index (χ2n) is 9.64. The monoisotopic (exact) mass is 481 g/mol. The zero-order valence-corrected chi connectivity index (χ0v) is 21.1. The van der Waals surface area contributed by atoms with Gasteiger partial charge in [0.05, 0.1) is 5.69 Å². The fraction of sp³-hybridized carbons (Fsp3) is 0.346. The van der Waals surface area contributed by atoms with E-state index in [0.29, 0.717) is 22.7 Å². The second kappa shape index (κ2) is 8.58. The number of amides is 2. The molecule has 2 aliphatic heterocycles. The average molecular weight is 482 g/mol. The molecule has 1 saturated heterocycles. The van der Waals surface area contributed by atoms with Crippen molar-refractivity contribution < 1.29 is 9.59 Å². The van der Waals surface area contributed by atoms with Gasteiger partial charge in [-0.2, -0.15) is 0 Å². The first-order chi connectivity index (χ1) is 15.5. The van der Waals surface area contributed by atoms with Crippen LogP contribution in [0, 0.1) is 0 Å². The summed E-state index contributed by atoms with van der Waals surface area (Å²) in [7, 11) is 0. The van der Waals surface area contributed by atoms with Crippen LogP contribution in [0.1, 0.15) is 58.1 Å². The van der Waals surface area contributed by atoms with Crippen molar-refractivity contribution in [3.8, 4) is 0 Å². The Bertz CT molecular complexity index is 1190. The van der Waals surface area contributed by atoms with Gasteiger partial charge in [-0.25, -0.2) is 0 Å². The number of fused-ring (bicyclic) bond motifs is 1. The molecule has 0 radical (unpaired) electrons. The van der Waals surface area contributed by atoms with Crippen molar-refractivity contribution in [3.05, 3.63) is 64.2 Å². The number of halogens is 1. The highest BCUT2D eigenvalue weighted by Crippen LogP contribution is 2.44. The molecule has 172 valence electrons. The first-order valence-corrected chi connectivity index (χ1v) is 11.9. The summed E-state index contributed by atoms with van der Waals surface area (Å²) >= 11 is 11.4. The highest BCUT2D eigenvalue weighted by atomic mass is 35.5. The molecule has 0 spiro atoms. The van der Waals surface area contributed by atoms with E-state index in [1.807, 2.05) is 6.07 Å². The summed E-state index contributed by atoms with van der Waals surface area (Å²) in [5, 5.41) is 3.15. The van der Waals surface area contributed by atoms with Crippen molar-refractivity contribution in [2.75, 3.05) is 9.80 Å². The number of nitrogens with zero attached hydrogens (tertiary/aromatic N) is 2. The van der Waals surface area contributed by atoms with Gasteiger partial charge in [-0.15, -0.1) is 0 Å². The van der Waals surface area contributed by atoms with Gasteiger partial charge in [0.2, 0.25) is 0 Å². The van der Waals surface area contributed by atoms with Crippen molar-refractivity contribution in [2.24, 2.45) is 0 Å². The van der Waals surface area contributed by atoms with E-state index in [-0.39, 0.29) is 16.2 Å². The van der Waals surface area contributed by atoms with E-state index in [0.717, 1.165) is 12.0 Å². The molecular formula is C26H28ClN3O2S. The van der Waals surface area contributed by atoms with E-state index in [9.17, 15) is 9.59 Å². The number of anilines is 2. The lowest BCUT2D eigenvalue weighted by atomic mass is 9.78. The molecule has 2 aliphatic rings. The van der Waals surface area contributed by atoms with Crippen LogP contribution in [0.25, 0.3) is 6.08 Å². The minimum absolute atomic E-state index is 0.0352. The number of hydrogen-bond donors (Lipinski definition) is 1. The predicted molar refractivity (Wildman–Crippen MR) is 139 cm³/mol. The minimum atomic E-state index is -0.501. The van der Waals surface area contributed by atoms with Crippen LogP contribution in [0.2, 0.25) is 5.02 Å². The molecule has 7 heteroatoms. The summed E-state index contributed by atoms with van der Waals surface area (Å²) in [4.78, 5) is 29.8. The van der Waals surface area contributed by atoms with Gasteiger partial charge in [0.15, 0.2) is 5.11 Å². The molecule has 5 nitrogen and oxygen atoms in total. The number of carbonyl (C=O) groups excluding carboxylic acids is 2. The van der Waals surface area contributed by atoms with Crippen LogP contribution in [0.4, 0.5) is 11.4 Å². The first kappa shape index (κ1) is 23.5. The average Bonchev–Trinajstić information content (AvgIpc) is 2.70. The molecule has 0 saturated carbocycles. The molecule has 2 heterocycles. The quantitative estimate of drug-likeness (QED) is 0.348. The Kier molecular flexibility index (Phi) is 6.10. The summed E-state index contributed by atoms with van der Waals surface area (Å²) in [6.07, 6.45) is 2.66. The third-order valence-electron chi connectivity index (χ3n) is 6.30. The number of rotatable bonds is 3. The van der Waals surface area contributed by atoms with E-state index in [4.69, 9.17) is 23.8 Å². The number of nitrogens with one attached hydrogen (secondary N) is 1. The Balaban J connectivity index is 1.74. The fourth-order valence-electron chi connectivity index (χ4n) is 5.21. The van der Waals surface area contributed by atoms with Crippen LogP contribution in [0.15, 0.2) is 48.0 Å². The van der Waals surface area contributed by atoms with Crippen LogP contribution in [0.3, 0.4) is 0 Å². The lowest BCUT2D eigenvalue weighted by molar-refractivity contribution is -0.122. The van der Waals surface area contributed by atoms with Gasteiger partial charge >= 0.3 is 0 Å². The Hall–Kier alpha value is -2.70. The maximum Gasteiger partial charge on any atom is 0.270 e. The Morgan fingerprint density at radius 2 is 1.91 bits per heavy atom. The van der Waals surface area contributed by atoms with Crippen molar-refractivity contribution in [1.29, 1.82) is 0 Å². The molecule has 2 aromatic carbocycles. The fourth-order valence-corrected chi connectivity index (χ4v) is 5.68. The van der Waals surface area contributed by atoms with Crippen LogP contribution in [0.5, 0.6) is 0 Å². The summed E-state index contributed by atoms with van der Waals surface area (Å²) in [5.41, 5.74) is 3.83. The first-order valence-electron chi connectivity index (χ1n) is 11.1. The van der Waals surface area contributed by atoms with Gasteiger partial charge in [-0.05, 0) is 99.8 Å². The van der Waals surface area contributed by atoms with Gasteiger partial charge in [-0.1, -0.05) is 30.7 Å². The van der Waals surface area contributed by atoms with Crippen molar-refractivity contribution >= 4 is 58.2 Å². The van der Waals surface area contributed by atoms with Crippen LogP contribution in [-0.4, -0.2) is 28.5 Å². The zero-order chi connectivity index (χ0) is 24.1. The van der Waals surface area contributed by atoms with E-state index >= 15 is 0 Å². The topological polar surface area (TPSA) is 52.7 Å². The van der Waals surface area contributed by atoms with Gasteiger partial charge in [0, 0.05) is 22.3 Å². The van der Waals surface area contributed by atoms with Crippen LogP contribution >= 0.6 is 23.8 Å². The smallest absolute Gasteiger partial charge is 0.270 e. The SMILES string of the molecule is CC(C)N1c2ccc(/C=C3\C(=O)NC(=S)N(c4cccc(Cl)c4)C3=O)cc2[C@H](C)CC1(C)C. The third kappa shape index (κ3) is 4.30. The van der Waals surface area contributed by atoms with Crippen molar-refractivity contribution in [1.82, 2.24) is 5.32 Å². The number of thiocarbonyl (C=S) groups is 1. The van der Waals surface area contributed by atoms with Crippen molar-refractivity contribution in [3.63, 3.8) is 0 Å². The van der Waals surface area contributed by atoms with E-state index < -0.39 is 11.8 Å². The van der Waals surface area contributed by atoms with E-state index in [1.165, 1.54) is 16.2 Å². The molecule has 1 N–H and O–H groups in total. The van der Waals surface area contributed by atoms with Crippen molar-refractivity contribution in [2.45, 2.75) is 58.5 Å². The lowest BCUT2D eigenvalue weighted by Crippen LogP contribution is -2.54. The van der Waals surface area contributed by atoms with Gasteiger partial charge in [0.1, 0.15) is 5.57 Å². The maximum absolute atomic E-state index is 13.3. The van der Waals surface area contributed by atoms with E-state index in [2.05, 4.69) is 57.0 Å². The van der Waals surface area contributed by atoms with Crippen LogP contribution < -0.4 is 15.1 Å². The van der Waals surface area contributed by atoms with E-state index in [1.54, 1.807) is 30.3 Å². The Morgan fingerprint density at radius 1 is 1.18 bits per heavy atom. The highest BCUT2D eigenvalue weighted by Gasteiger charge is 2.38. The number of hydrogen-bond acceptors (Lipinski definition) is 4. The zero-order valence-electron chi connectivity index (χ0n) is 19.5. The minimum Gasteiger partial charge on any atom is -0.364 e. The standard InChI is InChI=1S/C26H28ClN3O2S/c1-15(2)30-22-10-9-17(11-20(22)16(3)14-26(30,4)5)12-21-23(31)28-25(33)29(24(21)32)19-8-6-7-18(27)13-19/h6-13,15-16H,14H2,1-5H3,(H,28,31,33)/b21-12+/t16-/m1/s1. The summed E-state index contributed by atoms with van der Waals surface area (Å²) in [5.74, 6) is -0.615. The molecule has 0 aliphatic carbocycles. The molecular weight excluding hydrogens is 454 g/mol. The Labute approximate surface area is 205 Å². The number of benzene rings is 2. The third-order valence-corrected chi connectivity index (χ3v) is 6.82. The molecule has 0 bridgehead atoms. The second-order valence-corrected chi connectivity index (χ2v) is 10.5. The number of carbonyl (C=O) groups is 2.